The second kappa shape index (κ2) is 6.14. The first-order valence-electron chi connectivity index (χ1n) is 7.32. The van der Waals surface area contributed by atoms with Gasteiger partial charge in [0, 0.05) is 19.6 Å². The van der Waals surface area contributed by atoms with E-state index in [0.717, 1.165) is 30.6 Å². The Morgan fingerprint density at radius 1 is 1.29 bits per heavy atom. The molecule has 0 radical (unpaired) electrons. The maximum Gasteiger partial charge on any atom is 0.260 e. The molecule has 0 bridgehead atoms. The van der Waals surface area contributed by atoms with Gasteiger partial charge in [0.15, 0.2) is 6.61 Å². The van der Waals surface area contributed by atoms with Crippen LogP contribution in [-0.4, -0.2) is 43.6 Å². The molecule has 1 aliphatic rings. The average Bonchev–Trinajstić information content (AvgIpc) is 3.06. The van der Waals surface area contributed by atoms with Gasteiger partial charge >= 0.3 is 0 Å². The topological polar surface area (TPSA) is 41.6 Å². The molecule has 4 nitrogen and oxygen atoms in total. The highest BCUT2D eigenvalue weighted by molar-refractivity contribution is 5.84. The van der Waals surface area contributed by atoms with Crippen LogP contribution in [0.25, 0.3) is 10.8 Å². The fraction of sp³-hybridized carbons (Fsp3) is 0.353. The van der Waals surface area contributed by atoms with Crippen molar-refractivity contribution in [1.82, 2.24) is 10.2 Å². The van der Waals surface area contributed by atoms with Crippen molar-refractivity contribution in [1.29, 1.82) is 0 Å². The largest absolute Gasteiger partial charge is 0.484 e. The Labute approximate surface area is 124 Å². The molecule has 2 aromatic carbocycles. The molecule has 1 atom stereocenters. The third-order valence-corrected chi connectivity index (χ3v) is 4.06. The van der Waals surface area contributed by atoms with Crippen molar-refractivity contribution in [3.05, 3.63) is 42.5 Å². The smallest absolute Gasteiger partial charge is 0.260 e. The molecule has 110 valence electrons. The van der Waals surface area contributed by atoms with E-state index in [9.17, 15) is 4.79 Å². The van der Waals surface area contributed by atoms with Crippen LogP contribution in [-0.2, 0) is 4.79 Å². The Morgan fingerprint density at radius 3 is 2.86 bits per heavy atom. The van der Waals surface area contributed by atoms with Gasteiger partial charge in [-0.05, 0) is 35.9 Å². The number of nitrogens with one attached hydrogen (secondary N) is 1. The van der Waals surface area contributed by atoms with Gasteiger partial charge in [0.1, 0.15) is 5.75 Å². The first-order chi connectivity index (χ1) is 10.2. The van der Waals surface area contributed by atoms with E-state index in [1.165, 1.54) is 5.39 Å². The summed E-state index contributed by atoms with van der Waals surface area (Å²) in [6.07, 6.45) is 1.01. The normalized spacial score (nSPS) is 17.9. The molecule has 1 heterocycles. The molecule has 1 amide bonds. The minimum atomic E-state index is 0.0249. The predicted octanol–water partition coefficient (Wildman–Crippen LogP) is 2.04. The standard InChI is InChI=1S/C17H20N2O2/c1-19(15-8-9-18-11-15)17(20)12-21-16-7-6-13-4-2-3-5-14(13)10-16/h2-7,10,15,18H,8-9,11-12H2,1H3. The lowest BCUT2D eigenvalue weighted by Gasteiger charge is -2.23. The number of rotatable bonds is 4. The van der Waals surface area contributed by atoms with E-state index < -0.39 is 0 Å². The second-order valence-corrected chi connectivity index (χ2v) is 5.45. The number of carbonyl (C=O) groups is 1. The van der Waals surface area contributed by atoms with Crippen molar-refractivity contribution < 1.29 is 9.53 Å². The van der Waals surface area contributed by atoms with Crippen molar-refractivity contribution in [3.63, 3.8) is 0 Å². The maximum atomic E-state index is 12.1. The lowest BCUT2D eigenvalue weighted by molar-refractivity contribution is -0.133. The Kier molecular flexibility index (Phi) is 4.06. The minimum Gasteiger partial charge on any atom is -0.484 e. The number of hydrogen-bond acceptors (Lipinski definition) is 3. The fourth-order valence-corrected chi connectivity index (χ4v) is 2.68. The summed E-state index contributed by atoms with van der Waals surface area (Å²) in [6.45, 7) is 1.94. The second-order valence-electron chi connectivity index (χ2n) is 5.45. The van der Waals surface area contributed by atoms with E-state index in [-0.39, 0.29) is 18.6 Å². The number of hydrogen-bond donors (Lipinski definition) is 1. The van der Waals surface area contributed by atoms with Crippen LogP contribution >= 0.6 is 0 Å². The molecule has 0 aliphatic carbocycles. The van der Waals surface area contributed by atoms with Crippen LogP contribution in [0, 0.1) is 0 Å². The number of nitrogens with zero attached hydrogens (tertiary/aromatic N) is 1. The van der Waals surface area contributed by atoms with Gasteiger partial charge in [-0.3, -0.25) is 4.79 Å². The van der Waals surface area contributed by atoms with Gasteiger partial charge in [0.25, 0.3) is 5.91 Å². The van der Waals surface area contributed by atoms with E-state index in [1.54, 1.807) is 4.90 Å². The third kappa shape index (κ3) is 3.16. The Balaban J connectivity index is 1.61. The molecule has 2 aromatic rings. The molecule has 1 aliphatic heterocycles. The Morgan fingerprint density at radius 2 is 2.10 bits per heavy atom. The van der Waals surface area contributed by atoms with Crippen molar-refractivity contribution >= 4 is 16.7 Å². The van der Waals surface area contributed by atoms with Gasteiger partial charge in [0.2, 0.25) is 0 Å². The van der Waals surface area contributed by atoms with E-state index in [1.807, 2.05) is 43.4 Å². The van der Waals surface area contributed by atoms with Gasteiger partial charge in [-0.2, -0.15) is 0 Å². The summed E-state index contributed by atoms with van der Waals surface area (Å²) < 4.78 is 5.64. The fourth-order valence-electron chi connectivity index (χ4n) is 2.68. The van der Waals surface area contributed by atoms with Crippen molar-refractivity contribution in [2.45, 2.75) is 12.5 Å². The molecule has 21 heavy (non-hydrogen) atoms. The molecule has 0 saturated carbocycles. The summed E-state index contributed by atoms with van der Waals surface area (Å²) in [5, 5.41) is 5.56. The van der Waals surface area contributed by atoms with E-state index >= 15 is 0 Å². The number of carbonyl (C=O) groups excluding carboxylic acids is 1. The summed E-state index contributed by atoms with van der Waals surface area (Å²) in [5.41, 5.74) is 0. The van der Waals surface area contributed by atoms with E-state index in [0.29, 0.717) is 0 Å². The van der Waals surface area contributed by atoms with Crippen LogP contribution in [0.5, 0.6) is 5.75 Å². The van der Waals surface area contributed by atoms with Gasteiger partial charge in [0.05, 0.1) is 0 Å². The molecule has 1 N–H and O–H groups in total. The zero-order valence-corrected chi connectivity index (χ0v) is 12.2. The Hall–Kier alpha value is -2.07. The van der Waals surface area contributed by atoms with Gasteiger partial charge in [-0.1, -0.05) is 30.3 Å². The van der Waals surface area contributed by atoms with Gasteiger partial charge < -0.3 is 15.0 Å². The number of benzene rings is 2. The van der Waals surface area contributed by atoms with Crippen LogP contribution in [0.4, 0.5) is 0 Å². The number of amides is 1. The lowest BCUT2D eigenvalue weighted by Crippen LogP contribution is -2.40. The monoisotopic (exact) mass is 284 g/mol. The number of fused-ring (bicyclic) bond motifs is 1. The molecular weight excluding hydrogens is 264 g/mol. The molecule has 1 fully saturated rings. The highest BCUT2D eigenvalue weighted by Crippen LogP contribution is 2.20. The van der Waals surface area contributed by atoms with E-state index in [2.05, 4.69) is 11.4 Å². The quantitative estimate of drug-likeness (QED) is 0.934. The number of ether oxygens (including phenoxy) is 1. The van der Waals surface area contributed by atoms with Crippen molar-refractivity contribution in [2.24, 2.45) is 0 Å². The zero-order chi connectivity index (χ0) is 14.7. The summed E-state index contributed by atoms with van der Waals surface area (Å²) in [6, 6.07) is 14.3. The Bertz CT molecular complexity index is 635. The molecule has 3 rings (SSSR count). The lowest BCUT2D eigenvalue weighted by atomic mass is 10.1. The molecule has 4 heteroatoms. The molecule has 1 unspecified atom stereocenters. The first kappa shape index (κ1) is 13.9. The number of likely N-dealkylation sites (N-methyl/N-ethyl adjacent to an activating group) is 1. The highest BCUT2D eigenvalue weighted by atomic mass is 16.5. The van der Waals surface area contributed by atoms with Crippen LogP contribution in [0.1, 0.15) is 6.42 Å². The van der Waals surface area contributed by atoms with E-state index in [4.69, 9.17) is 4.74 Å². The summed E-state index contributed by atoms with van der Waals surface area (Å²) >= 11 is 0. The van der Waals surface area contributed by atoms with Crippen LogP contribution in [0.15, 0.2) is 42.5 Å². The summed E-state index contributed by atoms with van der Waals surface area (Å²) in [4.78, 5) is 13.9. The average molecular weight is 284 g/mol. The molecule has 0 spiro atoms. The zero-order valence-electron chi connectivity index (χ0n) is 12.2. The van der Waals surface area contributed by atoms with Crippen LogP contribution in [0.3, 0.4) is 0 Å². The van der Waals surface area contributed by atoms with Gasteiger partial charge in [-0.25, -0.2) is 0 Å². The summed E-state index contributed by atoms with van der Waals surface area (Å²) in [7, 11) is 1.85. The SMILES string of the molecule is CN(C(=O)COc1ccc2ccccc2c1)C1CCNC1. The molecular formula is C17H20N2O2. The predicted molar refractivity (Wildman–Crippen MR) is 83.5 cm³/mol. The maximum absolute atomic E-state index is 12.1. The van der Waals surface area contributed by atoms with Crippen LogP contribution in [0.2, 0.25) is 0 Å². The first-order valence-corrected chi connectivity index (χ1v) is 7.32. The minimum absolute atomic E-state index is 0.0249. The van der Waals surface area contributed by atoms with Crippen molar-refractivity contribution in [3.8, 4) is 5.75 Å². The molecule has 0 aromatic heterocycles. The van der Waals surface area contributed by atoms with Crippen LogP contribution < -0.4 is 10.1 Å². The molecule has 1 saturated heterocycles. The third-order valence-electron chi connectivity index (χ3n) is 4.06. The highest BCUT2D eigenvalue weighted by Gasteiger charge is 2.23. The summed E-state index contributed by atoms with van der Waals surface area (Å²) in [5.74, 6) is 0.761. The van der Waals surface area contributed by atoms with Gasteiger partial charge in [-0.15, -0.1) is 0 Å². The van der Waals surface area contributed by atoms with Crippen molar-refractivity contribution in [2.75, 3.05) is 26.7 Å².